The van der Waals surface area contributed by atoms with E-state index in [1.54, 1.807) is 37.3 Å². The van der Waals surface area contributed by atoms with Gasteiger partial charge in [-0.3, -0.25) is 14.4 Å². The number of methoxy groups -OCH3 is 1. The molecule has 2 heterocycles. The molecule has 0 aliphatic carbocycles. The summed E-state index contributed by atoms with van der Waals surface area (Å²) in [6.45, 7) is 1.59. The van der Waals surface area contributed by atoms with Crippen molar-refractivity contribution in [1.82, 2.24) is 4.57 Å². The van der Waals surface area contributed by atoms with Crippen LogP contribution in [0.1, 0.15) is 23.3 Å². The molecule has 124 valence electrons. The van der Waals surface area contributed by atoms with E-state index in [1.165, 1.54) is 17.9 Å². The number of ether oxygens (including phenoxy) is 2. The van der Waals surface area contributed by atoms with Crippen molar-refractivity contribution in [3.05, 3.63) is 52.4 Å². The second-order valence-corrected chi connectivity index (χ2v) is 5.38. The lowest BCUT2D eigenvalue weighted by Crippen LogP contribution is -2.29. The minimum absolute atomic E-state index is 0.0457. The molecule has 1 aliphatic heterocycles. The molecule has 24 heavy (non-hydrogen) atoms. The molecule has 1 atom stereocenters. The zero-order valence-corrected chi connectivity index (χ0v) is 13.2. The first-order chi connectivity index (χ1) is 11.5. The maximum atomic E-state index is 12.7. The molecule has 1 aromatic carbocycles. The Balaban J connectivity index is 1.93. The first-order valence-electron chi connectivity index (χ1n) is 7.37. The van der Waals surface area contributed by atoms with Gasteiger partial charge in [-0.25, -0.2) is 0 Å². The number of rotatable bonds is 4. The molecule has 1 aromatic heterocycles. The Morgan fingerprint density at radius 1 is 1.33 bits per heavy atom. The third-order valence-corrected chi connectivity index (χ3v) is 3.85. The summed E-state index contributed by atoms with van der Waals surface area (Å²) in [7, 11) is 1.40. The molecule has 1 aliphatic rings. The highest BCUT2D eigenvalue weighted by Crippen LogP contribution is 2.29. The number of aromatic nitrogens is 1. The molecule has 3 rings (SSSR count). The summed E-state index contributed by atoms with van der Waals surface area (Å²) in [4.78, 5) is 36.4. The number of pyridine rings is 1. The van der Waals surface area contributed by atoms with Crippen molar-refractivity contribution in [3.8, 4) is 11.5 Å². The van der Waals surface area contributed by atoms with Crippen molar-refractivity contribution >= 4 is 17.4 Å². The Morgan fingerprint density at radius 2 is 2.12 bits per heavy atom. The van der Waals surface area contributed by atoms with E-state index in [9.17, 15) is 14.4 Å². The molecule has 0 spiro atoms. The predicted molar refractivity (Wildman–Crippen MR) is 86.9 cm³/mol. The number of carbonyl (C=O) groups is 2. The first kappa shape index (κ1) is 15.8. The molecule has 1 N–H and O–H groups in total. The Hall–Kier alpha value is -3.09. The Kier molecular flexibility index (Phi) is 4.07. The molecular formula is C17H16N2O5. The number of amides is 1. The largest absolute Gasteiger partial charge is 0.491 e. The normalized spacial score (nSPS) is 14.2. The lowest BCUT2D eigenvalue weighted by atomic mass is 10.0. The third-order valence-electron chi connectivity index (χ3n) is 3.85. The van der Waals surface area contributed by atoms with Crippen LogP contribution in [0.25, 0.3) is 0 Å². The van der Waals surface area contributed by atoms with Gasteiger partial charge in [-0.1, -0.05) is 0 Å². The smallest absolute Gasteiger partial charge is 0.293 e. The number of fused-ring (bicyclic) bond motifs is 1. The van der Waals surface area contributed by atoms with Gasteiger partial charge in [-0.05, 0) is 37.3 Å². The minimum atomic E-state index is -0.717. The number of ketones is 1. The molecule has 0 fully saturated rings. The molecule has 1 unspecified atom stereocenters. The average molecular weight is 328 g/mol. The van der Waals surface area contributed by atoms with Crippen molar-refractivity contribution in [3.63, 3.8) is 0 Å². The van der Waals surface area contributed by atoms with Gasteiger partial charge in [0.1, 0.15) is 5.75 Å². The van der Waals surface area contributed by atoms with Gasteiger partial charge >= 0.3 is 0 Å². The molecule has 2 aromatic rings. The van der Waals surface area contributed by atoms with E-state index in [2.05, 4.69) is 5.32 Å². The molecule has 0 saturated carbocycles. The molecule has 7 nitrogen and oxygen atoms in total. The van der Waals surface area contributed by atoms with Crippen LogP contribution in [0, 0.1) is 0 Å². The number of Topliss-reactive ketones (excluding diaryl/α,β-unsaturated/α-hetero) is 1. The maximum Gasteiger partial charge on any atom is 0.293 e. The van der Waals surface area contributed by atoms with E-state index in [0.717, 1.165) is 0 Å². The van der Waals surface area contributed by atoms with Crippen molar-refractivity contribution in [2.24, 2.45) is 0 Å². The molecule has 1 amide bonds. The van der Waals surface area contributed by atoms with Gasteiger partial charge < -0.3 is 19.4 Å². The van der Waals surface area contributed by atoms with E-state index in [1.807, 2.05) is 0 Å². The van der Waals surface area contributed by atoms with Crippen LogP contribution in [0.5, 0.6) is 11.5 Å². The first-order valence-corrected chi connectivity index (χ1v) is 7.37. The maximum absolute atomic E-state index is 12.7. The summed E-state index contributed by atoms with van der Waals surface area (Å²) < 4.78 is 11.6. The van der Waals surface area contributed by atoms with E-state index >= 15 is 0 Å². The average Bonchev–Trinajstić information content (AvgIpc) is 2.60. The van der Waals surface area contributed by atoms with Crippen molar-refractivity contribution < 1.29 is 19.1 Å². The van der Waals surface area contributed by atoms with Crippen molar-refractivity contribution in [2.45, 2.75) is 13.0 Å². The zero-order chi connectivity index (χ0) is 17.3. The highest BCUT2D eigenvalue weighted by molar-refractivity contribution is 6.02. The topological polar surface area (TPSA) is 86.6 Å². The van der Waals surface area contributed by atoms with Crippen LogP contribution >= 0.6 is 0 Å². The minimum Gasteiger partial charge on any atom is -0.491 e. The number of hydrogen-bond acceptors (Lipinski definition) is 5. The summed E-state index contributed by atoms with van der Waals surface area (Å²) in [5, 5.41) is 2.66. The number of carbonyl (C=O) groups excluding carboxylic acids is 2. The van der Waals surface area contributed by atoms with Crippen LogP contribution in [0.3, 0.4) is 0 Å². The zero-order valence-electron chi connectivity index (χ0n) is 13.2. The monoisotopic (exact) mass is 328 g/mol. The summed E-state index contributed by atoms with van der Waals surface area (Å²) in [6, 6.07) is 7.26. The Morgan fingerprint density at radius 3 is 2.88 bits per heavy atom. The van der Waals surface area contributed by atoms with E-state index in [-0.39, 0.29) is 29.6 Å². The number of hydrogen-bond donors (Lipinski definition) is 1. The fourth-order valence-electron chi connectivity index (χ4n) is 2.55. The van der Waals surface area contributed by atoms with Crippen LogP contribution in [0.2, 0.25) is 0 Å². The summed E-state index contributed by atoms with van der Waals surface area (Å²) in [6.07, 6.45) is 1.54. The lowest BCUT2D eigenvalue weighted by Gasteiger charge is -2.19. The van der Waals surface area contributed by atoms with Crippen LogP contribution < -0.4 is 20.3 Å². The van der Waals surface area contributed by atoms with Crippen LogP contribution in [-0.4, -0.2) is 30.0 Å². The number of nitrogens with one attached hydrogen (secondary N) is 1. The number of benzene rings is 1. The Bertz CT molecular complexity index is 872. The van der Waals surface area contributed by atoms with E-state index < -0.39 is 6.04 Å². The van der Waals surface area contributed by atoms with E-state index in [0.29, 0.717) is 17.0 Å². The highest BCUT2D eigenvalue weighted by atomic mass is 16.5. The molecule has 0 bridgehead atoms. The fourth-order valence-corrected chi connectivity index (χ4v) is 2.55. The van der Waals surface area contributed by atoms with Gasteiger partial charge in [0.15, 0.2) is 18.1 Å². The van der Waals surface area contributed by atoms with Crippen LogP contribution in [-0.2, 0) is 4.79 Å². The lowest BCUT2D eigenvalue weighted by molar-refractivity contribution is -0.118. The predicted octanol–water partition coefficient (Wildman–Crippen LogP) is 1.63. The van der Waals surface area contributed by atoms with Crippen molar-refractivity contribution in [1.29, 1.82) is 0 Å². The highest BCUT2D eigenvalue weighted by Gasteiger charge is 2.22. The molecule has 0 radical (unpaired) electrons. The standard InChI is InChI=1S/C17H16N2O5/c1-10(19-7-3-4-14(23-2)17(19)22)16(21)11-5-6-13-12(8-11)18-15(20)9-24-13/h3-8,10H,9H2,1-2H3,(H,18,20). The third kappa shape index (κ3) is 2.76. The second-order valence-electron chi connectivity index (χ2n) is 5.38. The quantitative estimate of drug-likeness (QED) is 0.862. The summed E-state index contributed by atoms with van der Waals surface area (Å²) >= 11 is 0. The summed E-state index contributed by atoms with van der Waals surface area (Å²) in [5.41, 5.74) is 0.444. The number of anilines is 1. The van der Waals surface area contributed by atoms with Crippen LogP contribution in [0.4, 0.5) is 5.69 Å². The van der Waals surface area contributed by atoms with E-state index in [4.69, 9.17) is 9.47 Å². The van der Waals surface area contributed by atoms with Crippen LogP contribution in [0.15, 0.2) is 41.3 Å². The van der Waals surface area contributed by atoms with Gasteiger partial charge in [0.05, 0.1) is 18.8 Å². The number of nitrogens with zero attached hydrogens (tertiary/aromatic N) is 1. The fraction of sp³-hybridized carbons (Fsp3) is 0.235. The van der Waals surface area contributed by atoms with Gasteiger partial charge in [0.2, 0.25) is 0 Å². The van der Waals surface area contributed by atoms with Gasteiger partial charge in [-0.2, -0.15) is 0 Å². The van der Waals surface area contributed by atoms with Gasteiger partial charge in [-0.15, -0.1) is 0 Å². The Labute approximate surface area is 137 Å². The van der Waals surface area contributed by atoms with Gasteiger partial charge in [0, 0.05) is 11.8 Å². The molecule has 7 heteroatoms. The van der Waals surface area contributed by atoms with Gasteiger partial charge in [0.25, 0.3) is 11.5 Å². The molecule has 0 saturated heterocycles. The molecular weight excluding hydrogens is 312 g/mol. The summed E-state index contributed by atoms with van der Waals surface area (Å²) in [5.74, 6) is 0.151. The second kappa shape index (κ2) is 6.19. The SMILES string of the molecule is COc1cccn(C(C)C(=O)c2ccc3c(c2)NC(=O)CO3)c1=O. The van der Waals surface area contributed by atoms with Crippen molar-refractivity contribution in [2.75, 3.05) is 19.0 Å².